The van der Waals surface area contributed by atoms with E-state index >= 15 is 0 Å². The average Bonchev–Trinajstić information content (AvgIpc) is 2.98. The van der Waals surface area contributed by atoms with Gasteiger partial charge >= 0.3 is 0 Å². The van der Waals surface area contributed by atoms with E-state index in [4.69, 9.17) is 4.74 Å². The van der Waals surface area contributed by atoms with E-state index in [0.717, 1.165) is 6.61 Å². The Balaban J connectivity index is 1.46. The first-order valence-electron chi connectivity index (χ1n) is 5.90. The smallest absolute Gasteiger partial charge is 0.0810 e. The second kappa shape index (κ2) is 4.99. The van der Waals surface area contributed by atoms with E-state index < -0.39 is 0 Å². The normalized spacial score (nSPS) is 29.1. The average molecular weight is 181 g/mol. The summed E-state index contributed by atoms with van der Waals surface area (Å²) in [7, 11) is 0. The molecule has 2 aliphatic rings. The van der Waals surface area contributed by atoms with Crippen LogP contribution in [0.2, 0.25) is 0 Å². The Morgan fingerprint density at radius 2 is 1.85 bits per heavy atom. The molecule has 2 fully saturated rings. The number of hydrogen-bond donors (Lipinski definition) is 0. The standard InChI is InChI=1S/C12H21O/c1-2-6-11(7-3-1)8-4-5-9-12-10-13-12/h12H,1-10H2. The molecule has 1 atom stereocenters. The zero-order valence-electron chi connectivity index (χ0n) is 8.56. The minimum absolute atomic E-state index is 0.649. The Bertz CT molecular complexity index is 134. The van der Waals surface area contributed by atoms with Gasteiger partial charge in [-0.1, -0.05) is 32.1 Å². The van der Waals surface area contributed by atoms with Gasteiger partial charge in [0.25, 0.3) is 0 Å². The highest BCUT2D eigenvalue weighted by Gasteiger charge is 2.21. The molecular weight excluding hydrogens is 160 g/mol. The third-order valence-corrected chi connectivity index (χ3v) is 3.27. The minimum atomic E-state index is 0.649. The zero-order valence-corrected chi connectivity index (χ0v) is 8.56. The van der Waals surface area contributed by atoms with Gasteiger partial charge in [0.15, 0.2) is 0 Å². The predicted octanol–water partition coefficient (Wildman–Crippen LogP) is 3.48. The third kappa shape index (κ3) is 3.68. The fraction of sp³-hybridized carbons (Fsp3) is 0.917. The van der Waals surface area contributed by atoms with Crippen molar-refractivity contribution in [2.45, 2.75) is 63.9 Å². The Morgan fingerprint density at radius 1 is 1.08 bits per heavy atom. The van der Waals surface area contributed by atoms with Crippen LogP contribution in [0.5, 0.6) is 0 Å². The summed E-state index contributed by atoms with van der Waals surface area (Å²) in [4.78, 5) is 0. The lowest BCUT2D eigenvalue weighted by molar-refractivity contribution is 0.386. The molecule has 1 aliphatic carbocycles. The van der Waals surface area contributed by atoms with E-state index in [-0.39, 0.29) is 0 Å². The lowest BCUT2D eigenvalue weighted by Gasteiger charge is -2.20. The summed E-state index contributed by atoms with van der Waals surface area (Å²) in [6.07, 6.45) is 13.4. The molecule has 0 amide bonds. The van der Waals surface area contributed by atoms with Crippen LogP contribution in [0, 0.1) is 5.92 Å². The molecular formula is C12H21O. The van der Waals surface area contributed by atoms with Crippen LogP contribution in [-0.2, 0) is 4.74 Å². The highest BCUT2D eigenvalue weighted by atomic mass is 16.6. The van der Waals surface area contributed by atoms with Crippen molar-refractivity contribution in [3.63, 3.8) is 0 Å². The van der Waals surface area contributed by atoms with Gasteiger partial charge in [-0.3, -0.25) is 0 Å². The van der Waals surface area contributed by atoms with E-state index in [0.29, 0.717) is 6.10 Å². The molecule has 2 rings (SSSR count). The summed E-state index contributed by atoms with van der Waals surface area (Å²) in [5.74, 6) is 1.85. The molecule has 0 spiro atoms. The van der Waals surface area contributed by atoms with Gasteiger partial charge in [-0.05, 0) is 31.6 Å². The van der Waals surface area contributed by atoms with Gasteiger partial charge < -0.3 is 4.74 Å². The van der Waals surface area contributed by atoms with Crippen LogP contribution in [0.1, 0.15) is 57.8 Å². The highest BCUT2D eigenvalue weighted by Crippen LogP contribution is 2.30. The van der Waals surface area contributed by atoms with Crippen LogP contribution in [0.3, 0.4) is 0 Å². The van der Waals surface area contributed by atoms with Gasteiger partial charge in [0, 0.05) is 0 Å². The quantitative estimate of drug-likeness (QED) is 0.467. The minimum Gasteiger partial charge on any atom is -0.373 e. The van der Waals surface area contributed by atoms with E-state index in [1.54, 1.807) is 0 Å². The Morgan fingerprint density at radius 3 is 2.54 bits per heavy atom. The Labute approximate surface area is 81.9 Å². The molecule has 1 radical (unpaired) electrons. The second-order valence-corrected chi connectivity index (χ2v) is 4.51. The van der Waals surface area contributed by atoms with Crippen molar-refractivity contribution in [2.24, 2.45) is 0 Å². The molecule has 1 aliphatic heterocycles. The molecule has 13 heavy (non-hydrogen) atoms. The van der Waals surface area contributed by atoms with Crippen molar-refractivity contribution in [1.82, 2.24) is 0 Å². The van der Waals surface area contributed by atoms with Crippen molar-refractivity contribution in [2.75, 3.05) is 6.61 Å². The highest BCUT2D eigenvalue weighted by molar-refractivity contribution is 4.91. The maximum absolute atomic E-state index is 5.19. The maximum atomic E-state index is 5.19. The maximum Gasteiger partial charge on any atom is 0.0810 e. The van der Waals surface area contributed by atoms with E-state index in [2.05, 4.69) is 0 Å². The molecule has 1 heterocycles. The van der Waals surface area contributed by atoms with Crippen LogP contribution in [0.15, 0.2) is 0 Å². The van der Waals surface area contributed by atoms with E-state index in [1.165, 1.54) is 57.8 Å². The first-order valence-corrected chi connectivity index (χ1v) is 5.90. The van der Waals surface area contributed by atoms with Crippen LogP contribution < -0.4 is 0 Å². The molecule has 1 heteroatoms. The molecule has 0 aromatic heterocycles. The lowest BCUT2D eigenvalue weighted by Crippen LogP contribution is -2.03. The molecule has 75 valence electrons. The third-order valence-electron chi connectivity index (χ3n) is 3.27. The SMILES string of the molecule is C1CC[C](CCCCC2CO2)CC1. The lowest BCUT2D eigenvalue weighted by atomic mass is 9.85. The molecule has 0 aromatic carbocycles. The first kappa shape index (κ1) is 9.51. The predicted molar refractivity (Wildman–Crippen MR) is 54.5 cm³/mol. The van der Waals surface area contributed by atoms with Gasteiger partial charge in [-0.2, -0.15) is 0 Å². The molecule has 1 nitrogen and oxygen atoms in total. The Hall–Kier alpha value is -0.0400. The number of unbranched alkanes of at least 4 members (excludes halogenated alkanes) is 1. The van der Waals surface area contributed by atoms with E-state index in [1.807, 2.05) is 5.92 Å². The van der Waals surface area contributed by atoms with Crippen LogP contribution >= 0.6 is 0 Å². The monoisotopic (exact) mass is 181 g/mol. The summed E-state index contributed by atoms with van der Waals surface area (Å²) in [5.41, 5.74) is 0. The molecule has 1 saturated heterocycles. The summed E-state index contributed by atoms with van der Waals surface area (Å²) in [6, 6.07) is 0. The zero-order chi connectivity index (χ0) is 8.93. The number of hydrogen-bond acceptors (Lipinski definition) is 1. The van der Waals surface area contributed by atoms with Crippen molar-refractivity contribution in [1.29, 1.82) is 0 Å². The number of ether oxygens (including phenoxy) is 1. The largest absolute Gasteiger partial charge is 0.373 e. The van der Waals surface area contributed by atoms with E-state index in [9.17, 15) is 0 Å². The second-order valence-electron chi connectivity index (χ2n) is 4.51. The topological polar surface area (TPSA) is 12.5 Å². The van der Waals surface area contributed by atoms with Crippen molar-refractivity contribution in [3.8, 4) is 0 Å². The van der Waals surface area contributed by atoms with Gasteiger partial charge in [0.1, 0.15) is 0 Å². The van der Waals surface area contributed by atoms with Crippen LogP contribution in [0.4, 0.5) is 0 Å². The summed E-state index contributed by atoms with van der Waals surface area (Å²) in [5, 5.41) is 0. The molecule has 1 unspecified atom stereocenters. The number of epoxide rings is 1. The summed E-state index contributed by atoms with van der Waals surface area (Å²) >= 11 is 0. The molecule has 0 N–H and O–H groups in total. The molecule has 1 saturated carbocycles. The molecule has 0 bridgehead atoms. The van der Waals surface area contributed by atoms with Crippen LogP contribution in [-0.4, -0.2) is 12.7 Å². The van der Waals surface area contributed by atoms with Crippen molar-refractivity contribution < 1.29 is 4.74 Å². The summed E-state index contributed by atoms with van der Waals surface area (Å²) < 4.78 is 5.19. The molecule has 0 aromatic rings. The van der Waals surface area contributed by atoms with Gasteiger partial charge in [-0.15, -0.1) is 0 Å². The Kier molecular flexibility index (Phi) is 3.65. The first-order chi connectivity index (χ1) is 6.45. The fourth-order valence-corrected chi connectivity index (χ4v) is 2.28. The fourth-order valence-electron chi connectivity index (χ4n) is 2.28. The van der Waals surface area contributed by atoms with Crippen molar-refractivity contribution >= 4 is 0 Å². The van der Waals surface area contributed by atoms with Crippen LogP contribution in [0.25, 0.3) is 0 Å². The number of rotatable bonds is 5. The van der Waals surface area contributed by atoms with Gasteiger partial charge in [0.05, 0.1) is 12.7 Å². The van der Waals surface area contributed by atoms with Gasteiger partial charge in [0.2, 0.25) is 0 Å². The van der Waals surface area contributed by atoms with Gasteiger partial charge in [-0.25, -0.2) is 0 Å². The van der Waals surface area contributed by atoms with Crippen molar-refractivity contribution in [3.05, 3.63) is 5.92 Å². The summed E-state index contributed by atoms with van der Waals surface area (Å²) in [6.45, 7) is 1.04.